The Bertz CT molecular complexity index is 787. The molecule has 126 valence electrons. The van der Waals surface area contributed by atoms with Gasteiger partial charge in [-0.2, -0.15) is 0 Å². The summed E-state index contributed by atoms with van der Waals surface area (Å²) in [5.41, 5.74) is 6.77. The quantitative estimate of drug-likeness (QED) is 0.485. The number of nitrogens with zero attached hydrogens (tertiary/aromatic N) is 1. The maximum Gasteiger partial charge on any atom is 0.354 e. The number of ketones is 1. The van der Waals surface area contributed by atoms with Crippen LogP contribution in [0.5, 0.6) is 5.75 Å². The number of anilines is 1. The average molecular weight is 348 g/mol. The van der Waals surface area contributed by atoms with Crippen LogP contribution in [0.15, 0.2) is 23.6 Å². The van der Waals surface area contributed by atoms with Gasteiger partial charge in [0.15, 0.2) is 11.9 Å². The molecule has 7 nitrogen and oxygen atoms in total. The Hall–Kier alpha value is -2.45. The van der Waals surface area contributed by atoms with Crippen LogP contribution < -0.4 is 10.5 Å². The van der Waals surface area contributed by atoms with Crippen molar-refractivity contribution in [1.82, 2.24) is 4.98 Å². The van der Waals surface area contributed by atoms with Crippen molar-refractivity contribution in [2.24, 2.45) is 0 Å². The molecule has 0 bridgehead atoms. The van der Waals surface area contributed by atoms with Crippen molar-refractivity contribution in [3.63, 3.8) is 0 Å². The van der Waals surface area contributed by atoms with Crippen molar-refractivity contribution in [3.8, 4) is 5.75 Å². The molecule has 0 spiro atoms. The highest BCUT2D eigenvalue weighted by molar-refractivity contribution is 7.13. The normalized spacial score (nSPS) is 15.4. The van der Waals surface area contributed by atoms with E-state index < -0.39 is 12.1 Å². The first-order valence-corrected chi connectivity index (χ1v) is 8.19. The van der Waals surface area contributed by atoms with E-state index in [2.05, 4.69) is 4.98 Å². The number of aromatic nitrogens is 1. The number of hydrogen-bond acceptors (Lipinski definition) is 8. The fraction of sp³-hybridized carbons (Fsp3) is 0.312. The van der Waals surface area contributed by atoms with E-state index in [1.807, 2.05) is 13.8 Å². The van der Waals surface area contributed by atoms with E-state index in [1.165, 1.54) is 11.3 Å². The Balaban J connectivity index is 1.73. The number of esters is 1. The van der Waals surface area contributed by atoms with Crippen LogP contribution in [0.1, 0.15) is 41.6 Å². The molecule has 3 rings (SSSR count). The fourth-order valence-electron chi connectivity index (χ4n) is 2.20. The Labute approximate surface area is 142 Å². The minimum absolute atomic E-state index is 0.0397. The van der Waals surface area contributed by atoms with E-state index in [1.54, 1.807) is 23.6 Å². The molecule has 2 N–H and O–H groups in total. The second kappa shape index (κ2) is 6.58. The lowest BCUT2D eigenvalue weighted by molar-refractivity contribution is -0.170. The zero-order valence-corrected chi connectivity index (χ0v) is 14.0. The first kappa shape index (κ1) is 16.4. The zero-order valence-electron chi connectivity index (χ0n) is 13.1. The minimum atomic E-state index is -0.844. The van der Waals surface area contributed by atoms with Crippen LogP contribution in [0.2, 0.25) is 0 Å². The molecule has 1 aliphatic rings. The summed E-state index contributed by atoms with van der Waals surface area (Å²) in [6.45, 7) is 3.54. The third-order valence-electron chi connectivity index (χ3n) is 3.38. The van der Waals surface area contributed by atoms with Gasteiger partial charge in [0.1, 0.15) is 11.4 Å². The van der Waals surface area contributed by atoms with Gasteiger partial charge in [-0.3, -0.25) is 4.79 Å². The number of carbonyl (C=O) groups excluding carboxylic acids is 2. The number of para-hydroxylation sites is 1. The zero-order chi connectivity index (χ0) is 17.3. The van der Waals surface area contributed by atoms with Crippen molar-refractivity contribution < 1.29 is 23.8 Å². The summed E-state index contributed by atoms with van der Waals surface area (Å²) < 4.78 is 15.7. The van der Waals surface area contributed by atoms with Crippen molar-refractivity contribution in [3.05, 3.63) is 40.4 Å². The standard InChI is InChI=1S/C16H16N2O5S/c1-8(2)21-7-22-15(20)14-10-5-3-4-9(13(10)23-14)12(19)11-6-24-16(17)18-11/h3-6,8,14H,7H2,1-2H3,(H2,17,18)/t14-/m0/s1. The number of rotatable bonds is 6. The van der Waals surface area contributed by atoms with Crippen molar-refractivity contribution >= 4 is 28.2 Å². The lowest BCUT2D eigenvalue weighted by Gasteiger charge is -2.30. The highest BCUT2D eigenvalue weighted by Gasteiger charge is 2.39. The third-order valence-corrected chi connectivity index (χ3v) is 4.05. The molecule has 1 aromatic carbocycles. The van der Waals surface area contributed by atoms with Gasteiger partial charge in [0.25, 0.3) is 0 Å². The van der Waals surface area contributed by atoms with Gasteiger partial charge in [-0.15, -0.1) is 11.3 Å². The SMILES string of the molecule is CC(C)OCOC(=O)[C@H]1Oc2c(C(=O)c3csc(N)n3)cccc21. The number of nitrogen functional groups attached to an aromatic ring is 1. The topological polar surface area (TPSA) is 101 Å². The smallest absolute Gasteiger partial charge is 0.354 e. The lowest BCUT2D eigenvalue weighted by Crippen LogP contribution is -2.31. The maximum atomic E-state index is 12.5. The molecule has 0 amide bonds. The van der Waals surface area contributed by atoms with Crippen LogP contribution in [0, 0.1) is 0 Å². The Kier molecular flexibility index (Phi) is 4.50. The summed E-state index contributed by atoms with van der Waals surface area (Å²) in [6, 6.07) is 5.04. The predicted molar refractivity (Wildman–Crippen MR) is 86.9 cm³/mol. The van der Waals surface area contributed by atoms with E-state index in [9.17, 15) is 9.59 Å². The maximum absolute atomic E-state index is 12.5. The molecule has 0 unspecified atom stereocenters. The van der Waals surface area contributed by atoms with Gasteiger partial charge in [-0.05, 0) is 19.9 Å². The fourth-order valence-corrected chi connectivity index (χ4v) is 2.75. The predicted octanol–water partition coefficient (Wildman–Crippen LogP) is 2.32. The van der Waals surface area contributed by atoms with Crippen LogP contribution in [0.3, 0.4) is 0 Å². The third kappa shape index (κ3) is 3.10. The molecule has 2 heterocycles. The Morgan fingerprint density at radius 3 is 2.88 bits per heavy atom. The van der Waals surface area contributed by atoms with Gasteiger partial charge < -0.3 is 19.9 Å². The molecule has 1 atom stereocenters. The number of ether oxygens (including phenoxy) is 3. The lowest BCUT2D eigenvalue weighted by atomic mass is 9.96. The monoisotopic (exact) mass is 348 g/mol. The van der Waals surface area contributed by atoms with E-state index in [-0.39, 0.29) is 24.4 Å². The van der Waals surface area contributed by atoms with E-state index >= 15 is 0 Å². The molecule has 1 aromatic heterocycles. The van der Waals surface area contributed by atoms with Gasteiger partial charge in [0.2, 0.25) is 11.9 Å². The minimum Gasteiger partial charge on any atom is -0.473 e. The number of hydrogen-bond donors (Lipinski definition) is 1. The highest BCUT2D eigenvalue weighted by atomic mass is 32.1. The van der Waals surface area contributed by atoms with E-state index in [0.717, 1.165) is 0 Å². The largest absolute Gasteiger partial charge is 0.473 e. The highest BCUT2D eigenvalue weighted by Crippen LogP contribution is 2.43. The van der Waals surface area contributed by atoms with Crippen LogP contribution >= 0.6 is 11.3 Å². The van der Waals surface area contributed by atoms with Crippen LogP contribution in [0.4, 0.5) is 5.13 Å². The summed E-state index contributed by atoms with van der Waals surface area (Å²) in [4.78, 5) is 28.4. The van der Waals surface area contributed by atoms with Gasteiger partial charge in [0.05, 0.1) is 11.7 Å². The van der Waals surface area contributed by atoms with Crippen molar-refractivity contribution in [2.45, 2.75) is 26.1 Å². The van der Waals surface area contributed by atoms with Crippen molar-refractivity contribution in [1.29, 1.82) is 0 Å². The molecule has 0 fully saturated rings. The van der Waals surface area contributed by atoms with E-state index in [4.69, 9.17) is 19.9 Å². The van der Waals surface area contributed by atoms with Crippen LogP contribution in [-0.4, -0.2) is 29.6 Å². The van der Waals surface area contributed by atoms with Gasteiger partial charge >= 0.3 is 5.97 Å². The summed E-state index contributed by atoms with van der Waals surface area (Å²) >= 11 is 1.19. The first-order chi connectivity index (χ1) is 11.5. The summed E-state index contributed by atoms with van der Waals surface area (Å²) in [6.07, 6.45) is -0.883. The molecule has 1 aliphatic heterocycles. The molecular formula is C16H16N2O5S. The molecule has 0 aliphatic carbocycles. The summed E-state index contributed by atoms with van der Waals surface area (Å²) in [5, 5.41) is 1.91. The number of thiazole rings is 1. The second-order valence-corrected chi connectivity index (χ2v) is 6.31. The average Bonchev–Trinajstić information content (AvgIpc) is 2.93. The summed E-state index contributed by atoms with van der Waals surface area (Å²) in [5.74, 6) is -0.471. The van der Waals surface area contributed by atoms with E-state index in [0.29, 0.717) is 22.0 Å². The van der Waals surface area contributed by atoms with Crippen LogP contribution in [0.25, 0.3) is 0 Å². The number of carbonyl (C=O) groups is 2. The Morgan fingerprint density at radius 2 is 2.21 bits per heavy atom. The van der Waals surface area contributed by atoms with Crippen molar-refractivity contribution in [2.75, 3.05) is 12.5 Å². The molecule has 0 saturated carbocycles. The number of benzene rings is 1. The van der Waals surface area contributed by atoms with Gasteiger partial charge in [0, 0.05) is 10.9 Å². The number of fused-ring (bicyclic) bond motifs is 1. The molecule has 2 aromatic rings. The number of nitrogens with two attached hydrogens (primary N) is 1. The first-order valence-electron chi connectivity index (χ1n) is 7.31. The molecule has 0 radical (unpaired) electrons. The molecule has 8 heteroatoms. The second-order valence-electron chi connectivity index (χ2n) is 5.42. The Morgan fingerprint density at radius 1 is 1.42 bits per heavy atom. The molecular weight excluding hydrogens is 332 g/mol. The molecule has 0 saturated heterocycles. The van der Waals surface area contributed by atoms with Gasteiger partial charge in [-0.25, -0.2) is 9.78 Å². The summed E-state index contributed by atoms with van der Waals surface area (Å²) in [7, 11) is 0. The van der Waals surface area contributed by atoms with Gasteiger partial charge in [-0.1, -0.05) is 12.1 Å². The molecule has 24 heavy (non-hydrogen) atoms. The van der Waals surface area contributed by atoms with Crippen LogP contribution in [-0.2, 0) is 14.3 Å².